The first kappa shape index (κ1) is 10.1. The van der Waals surface area contributed by atoms with Crippen molar-refractivity contribution in [3.05, 3.63) is 35.4 Å². The Morgan fingerprint density at radius 1 is 1.15 bits per heavy atom. The zero-order chi connectivity index (χ0) is 9.90. The number of rotatable bonds is 2. The predicted molar refractivity (Wildman–Crippen MR) is 43.0 cm³/mol. The highest BCUT2D eigenvalue weighted by Crippen LogP contribution is 2.28. The molecule has 0 aliphatic carbocycles. The van der Waals surface area contributed by atoms with Crippen LogP contribution in [0.4, 0.5) is 13.2 Å². The molecule has 0 aliphatic rings. The largest absolute Gasteiger partial charge is 0.416 e. The lowest BCUT2D eigenvalue weighted by atomic mass is 10.1. The van der Waals surface area contributed by atoms with E-state index < -0.39 is 11.7 Å². The summed E-state index contributed by atoms with van der Waals surface area (Å²) in [7, 11) is 1.87. The monoisotopic (exact) mass is 190 g/mol. The molecule has 1 aromatic rings. The Morgan fingerprint density at radius 3 is 2.08 bits per heavy atom. The van der Waals surface area contributed by atoms with E-state index >= 15 is 0 Å². The van der Waals surface area contributed by atoms with Crippen molar-refractivity contribution >= 4 is 0 Å². The fourth-order valence-electron chi connectivity index (χ4n) is 1.07. The van der Waals surface area contributed by atoms with Crippen molar-refractivity contribution in [1.29, 1.82) is 0 Å². The van der Waals surface area contributed by atoms with Gasteiger partial charge in [0.05, 0.1) is 12.6 Å². The molecule has 0 aromatic heterocycles. The van der Waals surface area contributed by atoms with E-state index in [1.807, 2.05) is 12.4 Å². The minimum absolute atomic E-state index is 0.590. The Labute approximate surface area is 74.6 Å². The minimum atomic E-state index is -4.23. The summed E-state index contributed by atoms with van der Waals surface area (Å²) in [5.41, 5.74) is 0.308. The molecule has 72 valence electrons. The van der Waals surface area contributed by atoms with Crippen LogP contribution in [0.5, 0.6) is 0 Å². The molecule has 2 N–H and O–H groups in total. The molecule has 4 heteroatoms. The van der Waals surface area contributed by atoms with Gasteiger partial charge in [-0.15, -0.1) is 0 Å². The average molecular weight is 190 g/mol. The van der Waals surface area contributed by atoms with Gasteiger partial charge >= 0.3 is 6.18 Å². The van der Waals surface area contributed by atoms with Crippen molar-refractivity contribution in [1.82, 2.24) is 0 Å². The van der Waals surface area contributed by atoms with E-state index in [1.165, 1.54) is 12.1 Å². The first-order chi connectivity index (χ1) is 6.04. The van der Waals surface area contributed by atoms with E-state index in [9.17, 15) is 13.2 Å². The average Bonchev–Trinajstić information content (AvgIpc) is 2.04. The summed E-state index contributed by atoms with van der Waals surface area (Å²) >= 11 is 0. The highest BCUT2D eigenvalue weighted by Gasteiger charge is 2.29. The van der Waals surface area contributed by atoms with Crippen LogP contribution in [0.2, 0.25) is 0 Å². The first-order valence-corrected chi connectivity index (χ1v) is 3.98. The van der Waals surface area contributed by atoms with Crippen LogP contribution >= 0.6 is 0 Å². The first-order valence-electron chi connectivity index (χ1n) is 3.98. The fraction of sp³-hybridized carbons (Fsp3) is 0.333. The van der Waals surface area contributed by atoms with E-state index in [0.29, 0.717) is 6.54 Å². The number of hydrogen-bond acceptors (Lipinski definition) is 0. The van der Waals surface area contributed by atoms with Crippen LogP contribution in [0.25, 0.3) is 0 Å². The van der Waals surface area contributed by atoms with E-state index in [1.54, 1.807) is 0 Å². The lowest BCUT2D eigenvalue weighted by Crippen LogP contribution is -2.77. The van der Waals surface area contributed by atoms with Crippen molar-refractivity contribution < 1.29 is 18.5 Å². The second-order valence-corrected chi connectivity index (χ2v) is 2.81. The van der Waals surface area contributed by atoms with Gasteiger partial charge < -0.3 is 5.32 Å². The zero-order valence-corrected chi connectivity index (χ0v) is 7.23. The molecule has 1 rings (SSSR count). The summed E-state index contributed by atoms with van der Waals surface area (Å²) in [6, 6.07) is 5.23. The summed E-state index contributed by atoms with van der Waals surface area (Å²) in [5, 5.41) is 1.91. The second kappa shape index (κ2) is 3.79. The van der Waals surface area contributed by atoms with Crippen LogP contribution < -0.4 is 5.32 Å². The quantitative estimate of drug-likeness (QED) is 0.726. The Morgan fingerprint density at radius 2 is 1.69 bits per heavy atom. The van der Waals surface area contributed by atoms with E-state index in [4.69, 9.17) is 0 Å². The number of halogens is 3. The van der Waals surface area contributed by atoms with Crippen LogP contribution in [0.3, 0.4) is 0 Å². The summed E-state index contributed by atoms with van der Waals surface area (Å²) in [6.45, 7) is 0.706. The molecule has 0 atom stereocenters. The predicted octanol–water partition coefficient (Wildman–Crippen LogP) is 1.40. The van der Waals surface area contributed by atoms with Crippen LogP contribution in [-0.2, 0) is 12.7 Å². The lowest BCUT2D eigenvalue weighted by Gasteiger charge is -2.06. The number of nitrogens with two attached hydrogens (primary N) is 1. The third kappa shape index (κ3) is 2.73. The molecule has 0 heterocycles. The van der Waals surface area contributed by atoms with Crippen LogP contribution in [0.1, 0.15) is 11.1 Å². The maximum absolute atomic E-state index is 12.1. The number of quaternary nitrogens is 1. The highest BCUT2D eigenvalue weighted by molar-refractivity contribution is 5.23. The van der Waals surface area contributed by atoms with E-state index in [2.05, 4.69) is 0 Å². The molecule has 0 amide bonds. The summed E-state index contributed by atoms with van der Waals surface area (Å²) in [4.78, 5) is 0. The topological polar surface area (TPSA) is 16.6 Å². The van der Waals surface area contributed by atoms with Crippen molar-refractivity contribution in [3.8, 4) is 0 Å². The van der Waals surface area contributed by atoms with Gasteiger partial charge in [0.2, 0.25) is 0 Å². The smallest absolute Gasteiger partial charge is 0.345 e. The summed E-state index contributed by atoms with van der Waals surface area (Å²) in [5.74, 6) is 0. The van der Waals surface area contributed by atoms with Crippen molar-refractivity contribution in [2.45, 2.75) is 12.7 Å². The summed E-state index contributed by atoms with van der Waals surface area (Å²) in [6.07, 6.45) is -4.23. The van der Waals surface area contributed by atoms with Gasteiger partial charge in [0, 0.05) is 5.56 Å². The van der Waals surface area contributed by atoms with Crippen LogP contribution in [0, 0.1) is 0 Å². The molecule has 0 radical (unpaired) electrons. The Hall–Kier alpha value is -1.03. The molecule has 0 aliphatic heterocycles. The summed E-state index contributed by atoms with van der Waals surface area (Å²) < 4.78 is 36.3. The molecule has 13 heavy (non-hydrogen) atoms. The second-order valence-electron chi connectivity index (χ2n) is 2.81. The molecule has 0 spiro atoms. The number of benzene rings is 1. The molecule has 0 unspecified atom stereocenters. The van der Waals surface area contributed by atoms with Crippen molar-refractivity contribution in [3.63, 3.8) is 0 Å². The van der Waals surface area contributed by atoms with Crippen molar-refractivity contribution in [2.75, 3.05) is 7.05 Å². The zero-order valence-electron chi connectivity index (χ0n) is 7.23. The Bertz CT molecular complexity index is 263. The number of alkyl halides is 3. The normalized spacial score (nSPS) is 11.7. The van der Waals surface area contributed by atoms with E-state index in [0.717, 1.165) is 17.7 Å². The van der Waals surface area contributed by atoms with Crippen LogP contribution in [0.15, 0.2) is 24.3 Å². The van der Waals surface area contributed by atoms with Gasteiger partial charge in [-0.05, 0) is 12.1 Å². The van der Waals surface area contributed by atoms with Gasteiger partial charge in [0.1, 0.15) is 6.54 Å². The molecular weight excluding hydrogens is 179 g/mol. The molecule has 0 saturated heterocycles. The fourth-order valence-corrected chi connectivity index (χ4v) is 1.07. The maximum atomic E-state index is 12.1. The van der Waals surface area contributed by atoms with Gasteiger partial charge in [0.15, 0.2) is 0 Å². The Balaban J connectivity index is 2.81. The van der Waals surface area contributed by atoms with Gasteiger partial charge in [-0.2, -0.15) is 13.2 Å². The van der Waals surface area contributed by atoms with E-state index in [-0.39, 0.29) is 0 Å². The molecule has 1 aromatic carbocycles. The number of hydrogen-bond donors (Lipinski definition) is 1. The lowest BCUT2D eigenvalue weighted by molar-refractivity contribution is -0.643. The van der Waals surface area contributed by atoms with Crippen LogP contribution in [-0.4, -0.2) is 7.05 Å². The third-order valence-electron chi connectivity index (χ3n) is 1.72. The van der Waals surface area contributed by atoms with Gasteiger partial charge in [-0.25, -0.2) is 0 Å². The van der Waals surface area contributed by atoms with Gasteiger partial charge in [0.25, 0.3) is 0 Å². The standard InChI is InChI=1S/C9H10F3N/c1-13-6-7-2-4-8(5-3-7)9(10,11)12/h2-5,13H,6H2,1H3/p+1. The van der Waals surface area contributed by atoms with Gasteiger partial charge in [-0.1, -0.05) is 12.1 Å². The minimum Gasteiger partial charge on any atom is -0.345 e. The maximum Gasteiger partial charge on any atom is 0.416 e. The van der Waals surface area contributed by atoms with Crippen molar-refractivity contribution in [2.24, 2.45) is 0 Å². The molecular formula is C9H11F3N+. The Kier molecular flexibility index (Phi) is 2.93. The molecule has 1 nitrogen and oxygen atoms in total. The third-order valence-corrected chi connectivity index (χ3v) is 1.72. The molecule has 0 fully saturated rings. The van der Waals surface area contributed by atoms with Gasteiger partial charge in [-0.3, -0.25) is 0 Å². The highest BCUT2D eigenvalue weighted by atomic mass is 19.4. The molecule has 0 bridgehead atoms. The molecule has 0 saturated carbocycles. The SMILES string of the molecule is C[NH2+]Cc1ccc(C(F)(F)F)cc1.